The number of nitrogens with one attached hydrogen (secondary N) is 6. The Bertz CT molecular complexity index is 1520. The molecule has 87 heavy (non-hydrogen) atoms. The van der Waals surface area contributed by atoms with E-state index in [1.807, 2.05) is 0 Å². The van der Waals surface area contributed by atoms with E-state index in [9.17, 15) is 9.59 Å². The molecule has 0 aliphatic rings. The zero-order chi connectivity index (χ0) is 63.8. The van der Waals surface area contributed by atoms with Crippen molar-refractivity contribution >= 4 is 11.8 Å². The van der Waals surface area contributed by atoms with Crippen LogP contribution in [-0.2, 0) is 9.59 Å². The fourth-order valence-electron chi connectivity index (χ4n) is 12.3. The summed E-state index contributed by atoms with van der Waals surface area (Å²) in [5, 5.41) is 20.8. The Balaban J connectivity index is 5.87. The van der Waals surface area contributed by atoms with E-state index < -0.39 is 0 Å². The lowest BCUT2D eigenvalue weighted by molar-refractivity contribution is -0.917. The Morgan fingerprint density at radius 1 is 0.356 bits per heavy atom. The fraction of sp³-hybridized carbons (Fsp3) is 0.918. The minimum atomic E-state index is -0.205. The van der Waals surface area contributed by atoms with Gasteiger partial charge in [-0.05, 0) is 200 Å². The summed E-state index contributed by atoms with van der Waals surface area (Å²) >= 11 is 0. The summed E-state index contributed by atoms with van der Waals surface area (Å²) in [4.78, 5) is 27.4. The van der Waals surface area contributed by atoms with Crippen LogP contribution in [0.4, 0.5) is 0 Å². The number of unbranched alkanes of at least 4 members (excludes halogenated alkanes) is 25. The molecular weight excluding hydrogens is 1080 g/mol. The monoisotopic (exact) mass is 1230 g/mol. The van der Waals surface area contributed by atoms with Crippen molar-refractivity contribution in [2.75, 3.05) is 132 Å². The molecule has 6 atom stereocenters. The van der Waals surface area contributed by atoms with E-state index in [0.717, 1.165) is 119 Å². The number of amides is 2. The number of quaternary nitrogens is 2. The highest BCUT2D eigenvalue weighted by Gasteiger charge is 2.28. The summed E-state index contributed by atoms with van der Waals surface area (Å²) in [6, 6.07) is -0.403. The Kier molecular flexibility index (Phi) is 62.7. The quantitative estimate of drug-likeness (QED) is 0.0158. The predicted octanol–water partition coefficient (Wildman–Crippen LogP) is 12.7. The Labute approximate surface area is 541 Å². The minimum Gasteiger partial charge on any atom is -0.354 e. The summed E-state index contributed by atoms with van der Waals surface area (Å²) < 4.78 is 2.17. The van der Waals surface area contributed by atoms with Crippen molar-refractivity contribution in [3.05, 3.63) is 24.3 Å². The maximum Gasteiger partial charge on any atom is 0.237 e. The third kappa shape index (κ3) is 56.5. The molecule has 0 saturated heterocycles. The highest BCUT2D eigenvalue weighted by Crippen LogP contribution is 2.20. The van der Waals surface area contributed by atoms with Gasteiger partial charge in [-0.3, -0.25) is 9.59 Å². The average molecular weight is 1230 g/mol. The molecule has 0 aromatic rings. The lowest BCUT2D eigenvalue weighted by Crippen LogP contribution is -2.52. The molecule has 14 N–H and O–H groups in total. The molecule has 0 bridgehead atoms. The first-order chi connectivity index (χ1) is 42.4. The van der Waals surface area contributed by atoms with Crippen molar-refractivity contribution in [3.63, 3.8) is 0 Å². The second-order valence-electron chi connectivity index (χ2n) is 27.5. The summed E-state index contributed by atoms with van der Waals surface area (Å²) in [5.41, 5.74) is 23.1. The van der Waals surface area contributed by atoms with Gasteiger partial charge in [0.2, 0.25) is 11.8 Å². The molecule has 6 unspecified atom stereocenters. The number of allylic oxidation sites excluding steroid dienone is 4. The fourth-order valence-corrected chi connectivity index (χ4v) is 12.3. The van der Waals surface area contributed by atoms with Crippen molar-refractivity contribution in [2.45, 2.75) is 290 Å². The van der Waals surface area contributed by atoms with Crippen molar-refractivity contribution < 1.29 is 18.6 Å². The van der Waals surface area contributed by atoms with Gasteiger partial charge in [0.25, 0.3) is 0 Å². The summed E-state index contributed by atoms with van der Waals surface area (Å²) in [6.45, 7) is 25.4. The molecule has 14 heteroatoms. The number of nitrogens with two attached hydrogens (primary N) is 4. The van der Waals surface area contributed by atoms with Gasteiger partial charge in [-0.1, -0.05) is 155 Å². The van der Waals surface area contributed by atoms with E-state index >= 15 is 0 Å². The molecule has 2 amide bonds. The van der Waals surface area contributed by atoms with Gasteiger partial charge in [-0.25, -0.2) is 0 Å². The van der Waals surface area contributed by atoms with E-state index in [1.54, 1.807) is 0 Å². The Morgan fingerprint density at radius 2 is 0.667 bits per heavy atom. The molecule has 0 spiro atoms. The molecule has 0 aromatic carbocycles. The molecular formula is C73H154N12O2+2. The number of carbonyl (C=O) groups is 2. The largest absolute Gasteiger partial charge is 0.354 e. The van der Waals surface area contributed by atoms with E-state index in [1.165, 1.54) is 219 Å². The molecule has 0 fully saturated rings. The lowest BCUT2D eigenvalue weighted by Gasteiger charge is -2.38. The summed E-state index contributed by atoms with van der Waals surface area (Å²) in [6.07, 6.45) is 57.7. The van der Waals surface area contributed by atoms with Gasteiger partial charge >= 0.3 is 0 Å². The molecule has 0 heterocycles. The highest BCUT2D eigenvalue weighted by molar-refractivity contribution is 5.82. The van der Waals surface area contributed by atoms with Crippen molar-refractivity contribution in [2.24, 2.45) is 34.8 Å². The van der Waals surface area contributed by atoms with Gasteiger partial charge in [-0.15, -0.1) is 0 Å². The van der Waals surface area contributed by atoms with Crippen LogP contribution < -0.4 is 54.8 Å². The zero-order valence-corrected chi connectivity index (χ0v) is 58.9. The molecule has 516 valence electrons. The van der Waals surface area contributed by atoms with Gasteiger partial charge in [0, 0.05) is 38.3 Å². The van der Waals surface area contributed by atoms with Gasteiger partial charge in [0.15, 0.2) is 0 Å². The maximum absolute atomic E-state index is 13.8. The zero-order valence-electron chi connectivity index (χ0n) is 58.9. The van der Waals surface area contributed by atoms with E-state index in [2.05, 4.69) is 98.0 Å². The normalized spacial score (nSPS) is 14.8. The molecule has 0 aliphatic carbocycles. The number of hydrogen-bond donors (Lipinski definition) is 10. The molecule has 0 aliphatic heterocycles. The van der Waals surface area contributed by atoms with Gasteiger partial charge in [0.05, 0.1) is 65.4 Å². The average Bonchev–Trinajstić information content (AvgIpc) is 3.72. The van der Waals surface area contributed by atoms with Crippen LogP contribution in [0.15, 0.2) is 24.3 Å². The molecule has 0 radical (unpaired) electrons. The molecule has 14 nitrogen and oxygen atoms in total. The molecule has 0 saturated carbocycles. The number of nitrogens with zero attached hydrogens (tertiary/aromatic N) is 2. The maximum atomic E-state index is 13.8. The molecule has 0 aromatic heterocycles. The summed E-state index contributed by atoms with van der Waals surface area (Å²) in [7, 11) is 5.05. The van der Waals surface area contributed by atoms with Crippen LogP contribution in [-0.4, -0.2) is 165 Å². The van der Waals surface area contributed by atoms with Crippen LogP contribution in [0, 0.1) is 11.8 Å². The highest BCUT2D eigenvalue weighted by atomic mass is 16.2. The second-order valence-corrected chi connectivity index (χ2v) is 27.5. The van der Waals surface area contributed by atoms with Crippen LogP contribution in [0.5, 0.6) is 0 Å². The third-order valence-electron chi connectivity index (χ3n) is 18.2. The first kappa shape index (κ1) is 85.0. The number of rotatable bonds is 70. The minimum absolute atomic E-state index is 0.120. The first-order valence-electron chi connectivity index (χ1n) is 37.6. The number of carbonyl (C=O) groups excluding carboxylic acids is 2. The van der Waals surface area contributed by atoms with Gasteiger partial charge in [0.1, 0.15) is 0 Å². The summed E-state index contributed by atoms with van der Waals surface area (Å²) in [5.74, 6) is 1.00. The second kappa shape index (κ2) is 64.1. The van der Waals surface area contributed by atoms with Crippen LogP contribution in [0.1, 0.15) is 278 Å². The SMILES string of the molecule is CCCCCCCCC=CCCCCCCCC[N+](C)(CCCC[N+](C)(CCCCCCCC/C=C/CCCCCCCC)CC(C)CNC(=O)C(CCCNCCCN)NCCCN)CCC(C)CNC(=O)C(CCCNCCCN)NCCCN. The van der Waals surface area contributed by atoms with Crippen LogP contribution in [0.3, 0.4) is 0 Å². The van der Waals surface area contributed by atoms with Crippen LogP contribution in [0.2, 0.25) is 0 Å². The van der Waals surface area contributed by atoms with E-state index in [0.29, 0.717) is 51.1 Å². The standard InChI is InChI=1S/C73H152N12O2/c1-7-9-11-13-15-17-19-21-23-25-27-29-31-33-35-37-60-84(5,64-49-68(3)65-82-72(86)70(80-58-45-52-76)47-41-54-78-56-43-50-74)61-39-40-63-85(6,62-38-36-34-32-30-28-26-24-22-20-18-16-14-12-10-8-2)67-69(4)66-83-73(87)71(81-59-46-53-77)48-42-55-79-57-44-51-75/h21-24,68-71,78-81H,7-20,25-67,74-77H2,1-6H3/p+2/b23-21?,24-22+. The smallest absolute Gasteiger partial charge is 0.237 e. The topological polar surface area (TPSA) is 210 Å². The van der Waals surface area contributed by atoms with E-state index in [-0.39, 0.29) is 23.9 Å². The van der Waals surface area contributed by atoms with Crippen molar-refractivity contribution in [1.82, 2.24) is 31.9 Å². The van der Waals surface area contributed by atoms with Crippen molar-refractivity contribution in [3.8, 4) is 0 Å². The van der Waals surface area contributed by atoms with Crippen molar-refractivity contribution in [1.29, 1.82) is 0 Å². The lowest BCUT2D eigenvalue weighted by atomic mass is 10.0. The first-order valence-corrected chi connectivity index (χ1v) is 37.6. The third-order valence-corrected chi connectivity index (χ3v) is 18.2. The Hall–Kier alpha value is -1.98. The molecule has 0 rings (SSSR count). The van der Waals surface area contributed by atoms with Crippen LogP contribution in [0.25, 0.3) is 0 Å². The Morgan fingerprint density at radius 3 is 1.05 bits per heavy atom. The predicted molar refractivity (Wildman–Crippen MR) is 381 cm³/mol. The van der Waals surface area contributed by atoms with Gasteiger partial charge < -0.3 is 63.8 Å². The van der Waals surface area contributed by atoms with Gasteiger partial charge in [-0.2, -0.15) is 0 Å². The van der Waals surface area contributed by atoms with E-state index in [4.69, 9.17) is 22.9 Å². The number of hydrogen-bond acceptors (Lipinski definition) is 10. The van der Waals surface area contributed by atoms with Crippen LogP contribution >= 0.6 is 0 Å².